The number of para-hydroxylation sites is 1. The maximum absolute atomic E-state index is 6.09. The van der Waals surface area contributed by atoms with Crippen LogP contribution < -0.4 is 4.90 Å². The predicted molar refractivity (Wildman–Crippen MR) is 90.3 cm³/mol. The van der Waals surface area contributed by atoms with Crippen LogP contribution >= 0.6 is 22.9 Å². The van der Waals surface area contributed by atoms with Crippen LogP contribution in [0.4, 0.5) is 5.82 Å². The molecule has 0 spiro atoms. The average molecular weight is 318 g/mol. The number of hydrogen-bond donors (Lipinski definition) is 0. The molecule has 21 heavy (non-hydrogen) atoms. The summed E-state index contributed by atoms with van der Waals surface area (Å²) in [5.74, 6) is 1.41. The molecule has 0 aliphatic heterocycles. The lowest BCUT2D eigenvalue weighted by molar-refractivity contribution is 0.873. The first kappa shape index (κ1) is 14.3. The van der Waals surface area contributed by atoms with Crippen molar-refractivity contribution in [3.63, 3.8) is 0 Å². The number of nitrogens with zero attached hydrogens (tertiary/aromatic N) is 3. The van der Waals surface area contributed by atoms with Crippen molar-refractivity contribution in [1.29, 1.82) is 0 Å². The minimum absolute atomic E-state index is 0.486. The van der Waals surface area contributed by atoms with Crippen molar-refractivity contribution in [3.8, 4) is 0 Å². The number of fused-ring (bicyclic) bond motifs is 1. The van der Waals surface area contributed by atoms with Crippen LogP contribution in [-0.4, -0.2) is 17.0 Å². The summed E-state index contributed by atoms with van der Waals surface area (Å²) in [6, 6.07) is 10.2. The molecule has 3 aromatic rings. The molecular formula is C16H16ClN3S. The molecule has 3 rings (SSSR count). The van der Waals surface area contributed by atoms with Gasteiger partial charge in [-0.25, -0.2) is 9.97 Å². The van der Waals surface area contributed by atoms with Gasteiger partial charge in [-0.3, -0.25) is 0 Å². The molecule has 0 N–H and O–H groups in total. The molecule has 1 aromatic carbocycles. The molecule has 0 aliphatic carbocycles. The zero-order valence-electron chi connectivity index (χ0n) is 12.0. The normalized spacial score (nSPS) is 11.0. The van der Waals surface area contributed by atoms with Gasteiger partial charge in [-0.15, -0.1) is 22.9 Å². The molecule has 108 valence electrons. The van der Waals surface area contributed by atoms with Crippen LogP contribution in [0.15, 0.2) is 35.7 Å². The van der Waals surface area contributed by atoms with E-state index in [4.69, 9.17) is 16.6 Å². The van der Waals surface area contributed by atoms with Crippen molar-refractivity contribution in [1.82, 2.24) is 9.97 Å². The summed E-state index contributed by atoms with van der Waals surface area (Å²) in [6.45, 7) is 2.77. The van der Waals surface area contributed by atoms with Crippen molar-refractivity contribution in [2.24, 2.45) is 0 Å². The van der Waals surface area contributed by atoms with E-state index in [2.05, 4.69) is 27.4 Å². The molecule has 0 radical (unpaired) electrons. The maximum Gasteiger partial charge on any atom is 0.129 e. The fourth-order valence-electron chi connectivity index (χ4n) is 2.34. The summed E-state index contributed by atoms with van der Waals surface area (Å²) in [4.78, 5) is 11.3. The third-order valence-electron chi connectivity index (χ3n) is 3.39. The molecule has 0 saturated carbocycles. The van der Waals surface area contributed by atoms with Gasteiger partial charge in [0.2, 0.25) is 0 Å². The summed E-state index contributed by atoms with van der Waals surface area (Å²) in [5.41, 5.74) is 3.16. The first-order chi connectivity index (χ1) is 10.2. The molecule has 0 unspecified atom stereocenters. The second-order valence-electron chi connectivity index (χ2n) is 5.00. The van der Waals surface area contributed by atoms with Crippen LogP contribution in [0.3, 0.4) is 0 Å². The number of thiazole rings is 1. The van der Waals surface area contributed by atoms with Gasteiger partial charge in [0.05, 0.1) is 22.8 Å². The third kappa shape index (κ3) is 3.01. The highest BCUT2D eigenvalue weighted by Gasteiger charge is 2.10. The zero-order chi connectivity index (χ0) is 14.8. The largest absolute Gasteiger partial charge is 0.354 e. The Morgan fingerprint density at radius 1 is 1.24 bits per heavy atom. The summed E-state index contributed by atoms with van der Waals surface area (Å²) >= 11 is 7.76. The number of aryl methyl sites for hydroxylation is 1. The molecule has 5 heteroatoms. The van der Waals surface area contributed by atoms with Gasteiger partial charge in [-0.1, -0.05) is 18.2 Å². The molecule has 0 amide bonds. The lowest BCUT2D eigenvalue weighted by Gasteiger charge is -2.18. The van der Waals surface area contributed by atoms with Crippen LogP contribution in [0.2, 0.25) is 0 Å². The molecule has 3 nitrogen and oxygen atoms in total. The second-order valence-corrected chi connectivity index (χ2v) is 6.33. The Morgan fingerprint density at radius 2 is 2.05 bits per heavy atom. The third-order valence-corrected chi connectivity index (χ3v) is 4.50. The van der Waals surface area contributed by atoms with Crippen molar-refractivity contribution in [2.75, 3.05) is 11.9 Å². The molecule has 2 aromatic heterocycles. The van der Waals surface area contributed by atoms with E-state index in [9.17, 15) is 0 Å². The van der Waals surface area contributed by atoms with E-state index in [0.717, 1.165) is 39.5 Å². The number of pyridine rings is 1. The molecule has 0 aliphatic rings. The van der Waals surface area contributed by atoms with Crippen LogP contribution in [-0.2, 0) is 12.4 Å². The Bertz CT molecular complexity index is 769. The maximum atomic E-state index is 6.09. The Morgan fingerprint density at radius 3 is 2.76 bits per heavy atom. The van der Waals surface area contributed by atoms with E-state index in [-0.39, 0.29) is 0 Å². The fraction of sp³-hybridized carbons (Fsp3) is 0.250. The Balaban J connectivity index is 1.95. The van der Waals surface area contributed by atoms with Crippen LogP contribution in [0.5, 0.6) is 0 Å². The van der Waals surface area contributed by atoms with Gasteiger partial charge in [0, 0.05) is 23.7 Å². The minimum Gasteiger partial charge on any atom is -0.354 e. The van der Waals surface area contributed by atoms with E-state index in [0.29, 0.717) is 5.88 Å². The SMILES string of the molecule is Cc1nc(CN(C)c2cc(CCl)c3ccccc3n2)cs1. The molecule has 0 saturated heterocycles. The number of hydrogen-bond acceptors (Lipinski definition) is 4. The molecule has 0 fully saturated rings. The van der Waals surface area contributed by atoms with E-state index < -0.39 is 0 Å². The minimum atomic E-state index is 0.486. The van der Waals surface area contributed by atoms with E-state index in [1.54, 1.807) is 11.3 Å². The van der Waals surface area contributed by atoms with E-state index >= 15 is 0 Å². The highest BCUT2D eigenvalue weighted by molar-refractivity contribution is 7.09. The predicted octanol–water partition coefficient (Wildman–Crippen LogP) is 4.37. The standard InChI is InChI=1S/C16H16ClN3S/c1-11-18-13(10-21-11)9-20(2)16-7-12(8-17)14-5-3-4-6-15(14)19-16/h3-7,10H,8-9H2,1-2H3. The smallest absolute Gasteiger partial charge is 0.129 e. The van der Waals surface area contributed by atoms with Gasteiger partial charge in [-0.2, -0.15) is 0 Å². The average Bonchev–Trinajstić information content (AvgIpc) is 2.91. The Labute approximate surface area is 133 Å². The lowest BCUT2D eigenvalue weighted by atomic mass is 10.1. The number of aromatic nitrogens is 2. The summed E-state index contributed by atoms with van der Waals surface area (Å²) in [7, 11) is 2.03. The number of anilines is 1. The molecule has 0 bridgehead atoms. The molecule has 0 atom stereocenters. The highest BCUT2D eigenvalue weighted by atomic mass is 35.5. The van der Waals surface area contributed by atoms with E-state index in [1.165, 1.54) is 0 Å². The van der Waals surface area contributed by atoms with Crippen molar-refractivity contribution in [3.05, 3.63) is 52.0 Å². The van der Waals surface area contributed by atoms with Crippen LogP contribution in [0.1, 0.15) is 16.3 Å². The number of rotatable bonds is 4. The Hall–Kier alpha value is -1.65. The fourth-order valence-corrected chi connectivity index (χ4v) is 3.17. The monoisotopic (exact) mass is 317 g/mol. The van der Waals surface area contributed by atoms with E-state index in [1.807, 2.05) is 32.2 Å². The van der Waals surface area contributed by atoms with Crippen molar-refractivity contribution < 1.29 is 0 Å². The van der Waals surface area contributed by atoms with Crippen LogP contribution in [0.25, 0.3) is 10.9 Å². The van der Waals surface area contributed by atoms with Gasteiger partial charge >= 0.3 is 0 Å². The summed E-state index contributed by atoms with van der Waals surface area (Å²) in [6.07, 6.45) is 0. The first-order valence-corrected chi connectivity index (χ1v) is 8.15. The second kappa shape index (κ2) is 6.00. The Kier molecular flexibility index (Phi) is 4.08. The van der Waals surface area contributed by atoms with Gasteiger partial charge in [-0.05, 0) is 24.6 Å². The van der Waals surface area contributed by atoms with Crippen molar-refractivity contribution in [2.45, 2.75) is 19.3 Å². The number of benzene rings is 1. The van der Waals surface area contributed by atoms with Gasteiger partial charge in [0.15, 0.2) is 0 Å². The quantitative estimate of drug-likeness (QED) is 0.669. The van der Waals surface area contributed by atoms with Crippen molar-refractivity contribution >= 4 is 39.7 Å². The van der Waals surface area contributed by atoms with Gasteiger partial charge in [0.25, 0.3) is 0 Å². The number of halogens is 1. The molecular weight excluding hydrogens is 302 g/mol. The number of alkyl halides is 1. The summed E-state index contributed by atoms with van der Waals surface area (Å²) in [5, 5.41) is 4.30. The topological polar surface area (TPSA) is 29.0 Å². The first-order valence-electron chi connectivity index (χ1n) is 6.74. The van der Waals surface area contributed by atoms with Gasteiger partial charge in [0.1, 0.15) is 5.82 Å². The summed E-state index contributed by atoms with van der Waals surface area (Å²) < 4.78 is 0. The highest BCUT2D eigenvalue weighted by Crippen LogP contribution is 2.24. The lowest BCUT2D eigenvalue weighted by Crippen LogP contribution is -2.18. The molecule has 2 heterocycles. The van der Waals surface area contributed by atoms with Crippen LogP contribution in [0, 0.1) is 6.92 Å². The zero-order valence-corrected chi connectivity index (χ0v) is 13.6. The van der Waals surface area contributed by atoms with Gasteiger partial charge < -0.3 is 4.90 Å².